The number of β-amino-alcohol motifs (C(OH)–C–C–N with tert-alkyl or cyclic N) is 1. The van der Waals surface area contributed by atoms with Gasteiger partial charge in [0.2, 0.25) is 0 Å². The van der Waals surface area contributed by atoms with Crippen molar-refractivity contribution in [3.05, 3.63) is 0 Å². The van der Waals surface area contributed by atoms with Crippen molar-refractivity contribution in [3.63, 3.8) is 0 Å². The highest BCUT2D eigenvalue weighted by molar-refractivity contribution is 4.80. The molecule has 1 saturated heterocycles. The molecule has 96 valence electrons. The molecule has 0 aromatic carbocycles. The zero-order chi connectivity index (χ0) is 12.0. The van der Waals surface area contributed by atoms with Crippen LogP contribution >= 0.6 is 0 Å². The smallest absolute Gasteiger partial charge is 0.0897 e. The van der Waals surface area contributed by atoms with Crippen LogP contribution in [-0.4, -0.2) is 59.5 Å². The van der Waals surface area contributed by atoms with E-state index in [0.717, 1.165) is 13.1 Å². The van der Waals surface area contributed by atoms with Gasteiger partial charge in [0.25, 0.3) is 0 Å². The van der Waals surface area contributed by atoms with Gasteiger partial charge in [-0.2, -0.15) is 0 Å². The molecule has 1 heterocycles. The number of nitrogens with one attached hydrogen (secondary N) is 1. The molecule has 1 fully saturated rings. The van der Waals surface area contributed by atoms with Crippen molar-refractivity contribution >= 4 is 0 Å². The Hall–Kier alpha value is -0.160. The van der Waals surface area contributed by atoms with E-state index >= 15 is 0 Å². The second-order valence-electron chi connectivity index (χ2n) is 5.04. The van der Waals surface area contributed by atoms with Crippen molar-refractivity contribution in [3.8, 4) is 0 Å². The number of hydrogen-bond donors (Lipinski definition) is 3. The number of rotatable bonds is 6. The highest BCUT2D eigenvalue weighted by atomic mass is 16.3. The van der Waals surface area contributed by atoms with E-state index in [2.05, 4.69) is 24.1 Å². The predicted octanol–water partition coefficient (Wildman–Crippen LogP) is 0.192. The summed E-state index contributed by atoms with van der Waals surface area (Å²) in [4.78, 5) is 2.31. The Labute approximate surface area is 98.6 Å². The molecule has 2 unspecified atom stereocenters. The van der Waals surface area contributed by atoms with Gasteiger partial charge in [0.15, 0.2) is 0 Å². The van der Waals surface area contributed by atoms with E-state index in [1.807, 2.05) is 0 Å². The summed E-state index contributed by atoms with van der Waals surface area (Å²) in [5.74, 6) is 0. The van der Waals surface area contributed by atoms with Crippen molar-refractivity contribution in [1.82, 2.24) is 10.2 Å². The molecule has 16 heavy (non-hydrogen) atoms. The molecule has 0 aliphatic carbocycles. The third kappa shape index (κ3) is 4.78. The molecule has 0 amide bonds. The number of nitrogens with zero attached hydrogens (tertiary/aromatic N) is 1. The molecule has 3 N–H and O–H groups in total. The molecule has 4 nitrogen and oxygen atoms in total. The van der Waals surface area contributed by atoms with E-state index in [1.165, 1.54) is 19.3 Å². The number of aliphatic hydroxyl groups is 2. The van der Waals surface area contributed by atoms with Crippen LogP contribution in [0.15, 0.2) is 0 Å². The maximum atomic E-state index is 9.49. The van der Waals surface area contributed by atoms with Gasteiger partial charge in [0.05, 0.1) is 12.7 Å². The predicted molar refractivity (Wildman–Crippen MR) is 65.4 cm³/mol. The average Bonchev–Trinajstić information content (AvgIpc) is 2.27. The van der Waals surface area contributed by atoms with Crippen molar-refractivity contribution in [2.45, 2.75) is 51.3 Å². The standard InChI is InChI=1S/C12H26N2O2/c1-10(2)13-7-11-5-3-4-6-14(11)8-12(16)9-15/h10-13,15-16H,3-9H2,1-2H3. The monoisotopic (exact) mass is 230 g/mol. The van der Waals surface area contributed by atoms with Gasteiger partial charge in [-0.1, -0.05) is 20.3 Å². The van der Waals surface area contributed by atoms with E-state index in [9.17, 15) is 5.11 Å². The SMILES string of the molecule is CC(C)NCC1CCCCN1CC(O)CO. The molecule has 0 aromatic heterocycles. The number of piperidine rings is 1. The molecule has 1 aliphatic heterocycles. The summed E-state index contributed by atoms with van der Waals surface area (Å²) in [6.45, 7) is 6.78. The highest BCUT2D eigenvalue weighted by Gasteiger charge is 2.23. The molecule has 0 saturated carbocycles. The van der Waals surface area contributed by atoms with E-state index in [-0.39, 0.29) is 6.61 Å². The lowest BCUT2D eigenvalue weighted by Gasteiger charge is -2.37. The van der Waals surface area contributed by atoms with Crippen LogP contribution in [0.2, 0.25) is 0 Å². The average molecular weight is 230 g/mol. The van der Waals surface area contributed by atoms with Gasteiger partial charge in [-0.15, -0.1) is 0 Å². The van der Waals surface area contributed by atoms with E-state index in [1.54, 1.807) is 0 Å². The van der Waals surface area contributed by atoms with Crippen molar-refractivity contribution in [1.29, 1.82) is 0 Å². The number of likely N-dealkylation sites (tertiary alicyclic amines) is 1. The number of hydrogen-bond acceptors (Lipinski definition) is 4. The second kappa shape index (κ2) is 7.22. The van der Waals surface area contributed by atoms with Crippen LogP contribution in [0.1, 0.15) is 33.1 Å². The van der Waals surface area contributed by atoms with Gasteiger partial charge < -0.3 is 15.5 Å². The van der Waals surface area contributed by atoms with Crippen LogP contribution in [0, 0.1) is 0 Å². The summed E-state index contributed by atoms with van der Waals surface area (Å²) in [5.41, 5.74) is 0. The summed E-state index contributed by atoms with van der Waals surface area (Å²) in [6.07, 6.45) is 3.07. The van der Waals surface area contributed by atoms with Gasteiger partial charge in [-0.05, 0) is 19.4 Å². The molecule has 0 bridgehead atoms. The van der Waals surface area contributed by atoms with Crippen LogP contribution in [0.4, 0.5) is 0 Å². The minimum atomic E-state index is -0.598. The summed E-state index contributed by atoms with van der Waals surface area (Å²) in [6, 6.07) is 1.02. The van der Waals surface area contributed by atoms with Gasteiger partial charge >= 0.3 is 0 Å². The molecule has 4 heteroatoms. The van der Waals surface area contributed by atoms with Crippen molar-refractivity contribution < 1.29 is 10.2 Å². The first-order valence-electron chi connectivity index (χ1n) is 6.40. The molecule has 2 atom stereocenters. The quantitative estimate of drug-likeness (QED) is 0.610. The van der Waals surface area contributed by atoms with E-state index < -0.39 is 6.10 Å². The lowest BCUT2D eigenvalue weighted by atomic mass is 10.0. The first-order chi connectivity index (χ1) is 7.63. The molecule has 0 radical (unpaired) electrons. The maximum Gasteiger partial charge on any atom is 0.0897 e. The third-order valence-electron chi connectivity index (χ3n) is 3.17. The summed E-state index contributed by atoms with van der Waals surface area (Å²) >= 11 is 0. The molecule has 1 aliphatic rings. The van der Waals surface area contributed by atoms with Crippen LogP contribution in [0.3, 0.4) is 0 Å². The lowest BCUT2D eigenvalue weighted by Crippen LogP contribution is -2.49. The molecular weight excluding hydrogens is 204 g/mol. The fourth-order valence-corrected chi connectivity index (χ4v) is 2.23. The lowest BCUT2D eigenvalue weighted by molar-refractivity contribution is 0.0328. The Bertz CT molecular complexity index is 188. The van der Waals surface area contributed by atoms with E-state index in [0.29, 0.717) is 18.6 Å². The van der Waals surface area contributed by atoms with E-state index in [4.69, 9.17) is 5.11 Å². The molecule has 0 aromatic rings. The summed E-state index contributed by atoms with van der Waals surface area (Å²) in [7, 11) is 0. The van der Waals surface area contributed by atoms with Gasteiger partial charge in [-0.25, -0.2) is 0 Å². The first kappa shape index (κ1) is 13.9. The van der Waals surface area contributed by atoms with Crippen molar-refractivity contribution in [2.24, 2.45) is 0 Å². The fourth-order valence-electron chi connectivity index (χ4n) is 2.23. The van der Waals surface area contributed by atoms with Crippen molar-refractivity contribution in [2.75, 3.05) is 26.2 Å². The Morgan fingerprint density at radius 3 is 2.75 bits per heavy atom. The topological polar surface area (TPSA) is 55.7 Å². The Morgan fingerprint density at radius 1 is 1.38 bits per heavy atom. The Balaban J connectivity index is 2.37. The first-order valence-corrected chi connectivity index (χ1v) is 6.40. The third-order valence-corrected chi connectivity index (χ3v) is 3.17. The van der Waals surface area contributed by atoms with Crippen LogP contribution in [-0.2, 0) is 0 Å². The Morgan fingerprint density at radius 2 is 2.12 bits per heavy atom. The molecular formula is C12H26N2O2. The largest absolute Gasteiger partial charge is 0.394 e. The minimum Gasteiger partial charge on any atom is -0.394 e. The fraction of sp³-hybridized carbons (Fsp3) is 1.00. The van der Waals surface area contributed by atoms with Crippen LogP contribution in [0.5, 0.6) is 0 Å². The van der Waals surface area contributed by atoms with Crippen LogP contribution < -0.4 is 5.32 Å². The van der Waals surface area contributed by atoms with Gasteiger partial charge in [0, 0.05) is 25.2 Å². The zero-order valence-corrected chi connectivity index (χ0v) is 10.5. The summed E-state index contributed by atoms with van der Waals surface area (Å²) < 4.78 is 0. The second-order valence-corrected chi connectivity index (χ2v) is 5.04. The number of aliphatic hydroxyl groups excluding tert-OH is 2. The Kier molecular flexibility index (Phi) is 6.28. The molecule has 1 rings (SSSR count). The molecule has 0 spiro atoms. The van der Waals surface area contributed by atoms with Gasteiger partial charge in [0.1, 0.15) is 0 Å². The van der Waals surface area contributed by atoms with Gasteiger partial charge in [-0.3, -0.25) is 4.90 Å². The normalized spacial score (nSPS) is 24.9. The highest BCUT2D eigenvalue weighted by Crippen LogP contribution is 2.16. The zero-order valence-electron chi connectivity index (χ0n) is 10.5. The maximum absolute atomic E-state index is 9.49. The van der Waals surface area contributed by atoms with Crippen LogP contribution in [0.25, 0.3) is 0 Å². The minimum absolute atomic E-state index is 0.138. The summed E-state index contributed by atoms with van der Waals surface area (Å²) in [5, 5.41) is 21.8.